The number of amides is 1. The summed E-state index contributed by atoms with van der Waals surface area (Å²) in [5.74, 6) is 0.960. The molecule has 0 bridgehead atoms. The SMILES string of the molecule is CC(C)CC1(CNC(=O)C2CCCCN2)CC1. The van der Waals surface area contributed by atoms with E-state index >= 15 is 0 Å². The minimum Gasteiger partial charge on any atom is -0.354 e. The van der Waals surface area contributed by atoms with Crippen LogP contribution in [0.2, 0.25) is 0 Å². The Hall–Kier alpha value is -0.570. The Morgan fingerprint density at radius 3 is 2.71 bits per heavy atom. The molecule has 1 heterocycles. The average Bonchev–Trinajstić information content (AvgIpc) is 3.06. The topological polar surface area (TPSA) is 41.1 Å². The number of nitrogens with one attached hydrogen (secondary N) is 2. The second kappa shape index (κ2) is 5.38. The Morgan fingerprint density at radius 1 is 1.41 bits per heavy atom. The number of rotatable bonds is 5. The van der Waals surface area contributed by atoms with E-state index in [1.54, 1.807) is 0 Å². The second-order valence-corrected chi connectivity index (χ2v) is 6.32. The second-order valence-electron chi connectivity index (χ2n) is 6.32. The average molecular weight is 238 g/mol. The van der Waals surface area contributed by atoms with Gasteiger partial charge in [0.15, 0.2) is 0 Å². The lowest BCUT2D eigenvalue weighted by Crippen LogP contribution is -2.47. The van der Waals surface area contributed by atoms with E-state index in [0.29, 0.717) is 5.41 Å². The molecule has 1 unspecified atom stereocenters. The highest BCUT2D eigenvalue weighted by Crippen LogP contribution is 2.49. The summed E-state index contributed by atoms with van der Waals surface area (Å²) in [7, 11) is 0. The molecule has 2 N–H and O–H groups in total. The van der Waals surface area contributed by atoms with Crippen molar-refractivity contribution in [3.63, 3.8) is 0 Å². The molecule has 0 aromatic carbocycles. The Morgan fingerprint density at radius 2 is 2.18 bits per heavy atom. The highest BCUT2D eigenvalue weighted by atomic mass is 16.2. The zero-order valence-electron chi connectivity index (χ0n) is 11.2. The molecule has 1 amide bonds. The van der Waals surface area contributed by atoms with E-state index in [1.807, 2.05) is 0 Å². The van der Waals surface area contributed by atoms with Gasteiger partial charge in [-0.25, -0.2) is 0 Å². The molecule has 1 saturated heterocycles. The molecule has 0 aromatic rings. The van der Waals surface area contributed by atoms with E-state index in [9.17, 15) is 4.79 Å². The van der Waals surface area contributed by atoms with Crippen molar-refractivity contribution in [1.82, 2.24) is 10.6 Å². The van der Waals surface area contributed by atoms with Gasteiger partial charge < -0.3 is 10.6 Å². The van der Waals surface area contributed by atoms with E-state index in [-0.39, 0.29) is 11.9 Å². The van der Waals surface area contributed by atoms with Crippen molar-refractivity contribution in [3.8, 4) is 0 Å². The molecule has 1 atom stereocenters. The fraction of sp³-hybridized carbons (Fsp3) is 0.929. The maximum atomic E-state index is 12.0. The van der Waals surface area contributed by atoms with Gasteiger partial charge in [0, 0.05) is 6.54 Å². The van der Waals surface area contributed by atoms with Gasteiger partial charge in [0.1, 0.15) is 0 Å². The molecule has 3 heteroatoms. The molecule has 0 radical (unpaired) electrons. The van der Waals surface area contributed by atoms with Crippen LogP contribution in [0.1, 0.15) is 52.4 Å². The molecular formula is C14H26N2O. The molecule has 2 aliphatic rings. The van der Waals surface area contributed by atoms with E-state index in [4.69, 9.17) is 0 Å². The van der Waals surface area contributed by atoms with Crippen molar-refractivity contribution in [2.24, 2.45) is 11.3 Å². The number of carbonyl (C=O) groups is 1. The highest BCUT2D eigenvalue weighted by molar-refractivity contribution is 5.81. The zero-order valence-corrected chi connectivity index (χ0v) is 11.2. The predicted molar refractivity (Wildman–Crippen MR) is 69.8 cm³/mol. The maximum Gasteiger partial charge on any atom is 0.237 e. The van der Waals surface area contributed by atoms with Crippen LogP contribution >= 0.6 is 0 Å². The van der Waals surface area contributed by atoms with Crippen LogP contribution in [0.15, 0.2) is 0 Å². The van der Waals surface area contributed by atoms with E-state index < -0.39 is 0 Å². The number of hydrogen-bond acceptors (Lipinski definition) is 2. The summed E-state index contributed by atoms with van der Waals surface area (Å²) < 4.78 is 0. The Balaban J connectivity index is 1.72. The summed E-state index contributed by atoms with van der Waals surface area (Å²) in [6.45, 7) is 6.42. The minimum absolute atomic E-state index is 0.0681. The summed E-state index contributed by atoms with van der Waals surface area (Å²) in [6.07, 6.45) is 7.24. The van der Waals surface area contributed by atoms with Gasteiger partial charge in [-0.3, -0.25) is 4.79 Å². The van der Waals surface area contributed by atoms with E-state index in [1.165, 1.54) is 32.1 Å². The number of carbonyl (C=O) groups excluding carboxylic acids is 1. The lowest BCUT2D eigenvalue weighted by molar-refractivity contribution is -0.123. The fourth-order valence-electron chi connectivity index (χ4n) is 2.97. The molecule has 1 saturated carbocycles. The Bertz CT molecular complexity index is 265. The van der Waals surface area contributed by atoms with Gasteiger partial charge in [-0.2, -0.15) is 0 Å². The van der Waals surface area contributed by atoms with Crippen LogP contribution in [-0.4, -0.2) is 25.0 Å². The first-order valence-corrected chi connectivity index (χ1v) is 7.12. The quantitative estimate of drug-likeness (QED) is 0.770. The standard InChI is InChI=1S/C14H26N2O/c1-11(2)9-14(6-7-14)10-16-13(17)12-5-3-4-8-15-12/h11-12,15H,3-10H2,1-2H3,(H,16,17). The molecule has 98 valence electrons. The first-order chi connectivity index (χ1) is 8.11. The molecule has 3 nitrogen and oxygen atoms in total. The van der Waals surface area contributed by atoms with Crippen molar-refractivity contribution >= 4 is 5.91 Å². The summed E-state index contributed by atoms with van der Waals surface area (Å²) >= 11 is 0. The lowest BCUT2D eigenvalue weighted by Gasteiger charge is -2.24. The smallest absolute Gasteiger partial charge is 0.237 e. The van der Waals surface area contributed by atoms with E-state index in [2.05, 4.69) is 24.5 Å². The van der Waals surface area contributed by atoms with Crippen LogP contribution in [0.25, 0.3) is 0 Å². The molecule has 1 aliphatic carbocycles. The monoisotopic (exact) mass is 238 g/mol. The predicted octanol–water partition coefficient (Wildman–Crippen LogP) is 2.07. The van der Waals surface area contributed by atoms with Crippen LogP contribution in [0.5, 0.6) is 0 Å². The summed E-state index contributed by atoms with van der Waals surface area (Å²) in [4.78, 5) is 12.0. The van der Waals surface area contributed by atoms with Gasteiger partial charge in [0.2, 0.25) is 5.91 Å². The third-order valence-electron chi connectivity index (χ3n) is 4.06. The third kappa shape index (κ3) is 3.70. The van der Waals surface area contributed by atoms with Gasteiger partial charge >= 0.3 is 0 Å². The number of piperidine rings is 1. The molecule has 2 rings (SSSR count). The van der Waals surface area contributed by atoms with Crippen molar-refractivity contribution in [1.29, 1.82) is 0 Å². The van der Waals surface area contributed by atoms with Gasteiger partial charge in [-0.05, 0) is 50.0 Å². The lowest BCUT2D eigenvalue weighted by atomic mass is 9.94. The van der Waals surface area contributed by atoms with Crippen LogP contribution < -0.4 is 10.6 Å². The molecule has 1 aliphatic heterocycles. The summed E-state index contributed by atoms with van der Waals surface area (Å²) in [5.41, 5.74) is 0.443. The number of hydrogen-bond donors (Lipinski definition) is 2. The van der Waals surface area contributed by atoms with E-state index in [0.717, 1.165) is 25.4 Å². The molecule has 17 heavy (non-hydrogen) atoms. The highest BCUT2D eigenvalue weighted by Gasteiger charge is 2.43. The van der Waals surface area contributed by atoms with Crippen molar-refractivity contribution in [3.05, 3.63) is 0 Å². The first-order valence-electron chi connectivity index (χ1n) is 7.12. The largest absolute Gasteiger partial charge is 0.354 e. The van der Waals surface area contributed by atoms with Crippen molar-refractivity contribution in [2.45, 2.75) is 58.4 Å². The fourth-order valence-corrected chi connectivity index (χ4v) is 2.97. The summed E-state index contributed by atoms with van der Waals surface area (Å²) in [5, 5.41) is 6.46. The van der Waals surface area contributed by atoms with Crippen molar-refractivity contribution in [2.75, 3.05) is 13.1 Å². The molecule has 0 spiro atoms. The third-order valence-corrected chi connectivity index (χ3v) is 4.06. The van der Waals surface area contributed by atoms with Crippen LogP contribution in [0.4, 0.5) is 0 Å². The Kier molecular flexibility index (Phi) is 4.08. The van der Waals surface area contributed by atoms with Gasteiger partial charge in [-0.1, -0.05) is 20.3 Å². The van der Waals surface area contributed by atoms with Crippen LogP contribution in [-0.2, 0) is 4.79 Å². The van der Waals surface area contributed by atoms with Crippen LogP contribution in [0.3, 0.4) is 0 Å². The zero-order chi connectivity index (χ0) is 12.3. The van der Waals surface area contributed by atoms with Crippen molar-refractivity contribution < 1.29 is 4.79 Å². The molecule has 0 aromatic heterocycles. The summed E-state index contributed by atoms with van der Waals surface area (Å²) in [6, 6.07) is 0.0681. The van der Waals surface area contributed by atoms with Gasteiger partial charge in [0.25, 0.3) is 0 Å². The molecular weight excluding hydrogens is 212 g/mol. The van der Waals surface area contributed by atoms with Crippen LogP contribution in [0, 0.1) is 11.3 Å². The Labute approximate surface area is 105 Å². The minimum atomic E-state index is 0.0681. The maximum absolute atomic E-state index is 12.0. The normalized spacial score (nSPS) is 26.9. The first kappa shape index (κ1) is 12.9. The molecule has 2 fully saturated rings. The van der Waals surface area contributed by atoms with Gasteiger partial charge in [0.05, 0.1) is 6.04 Å². The van der Waals surface area contributed by atoms with Gasteiger partial charge in [-0.15, -0.1) is 0 Å².